The van der Waals surface area contributed by atoms with Gasteiger partial charge in [0.2, 0.25) is 0 Å². The minimum atomic E-state index is -0.707. The molecule has 24 heavy (non-hydrogen) atoms. The van der Waals surface area contributed by atoms with E-state index in [0.29, 0.717) is 17.0 Å². The van der Waals surface area contributed by atoms with Gasteiger partial charge in [-0.1, -0.05) is 30.3 Å². The lowest BCUT2D eigenvalue weighted by molar-refractivity contribution is -0.122. The maximum Gasteiger partial charge on any atom is 0.340 e. The van der Waals surface area contributed by atoms with E-state index < -0.39 is 12.1 Å². The van der Waals surface area contributed by atoms with Crippen LogP contribution in [0.4, 0.5) is 5.69 Å². The first-order chi connectivity index (χ1) is 11.5. The van der Waals surface area contributed by atoms with E-state index in [4.69, 9.17) is 9.47 Å². The summed E-state index contributed by atoms with van der Waals surface area (Å²) in [4.78, 5) is 24.3. The molecule has 2 aromatic rings. The zero-order chi connectivity index (χ0) is 17.5. The Hall–Kier alpha value is -2.82. The Balaban J connectivity index is 2.09. The smallest absolute Gasteiger partial charge is 0.340 e. The molecule has 1 amide bonds. The molecule has 0 saturated heterocycles. The summed E-state index contributed by atoms with van der Waals surface area (Å²) in [5.74, 6) is -0.158. The number of para-hydroxylation sites is 2. The highest BCUT2D eigenvalue weighted by Crippen LogP contribution is 2.20. The van der Waals surface area contributed by atoms with E-state index in [1.54, 1.807) is 38.1 Å². The number of benzene rings is 2. The summed E-state index contributed by atoms with van der Waals surface area (Å²) in [6.07, 6.45) is -0.707. The number of anilines is 1. The van der Waals surface area contributed by atoms with Crippen LogP contribution in [0.5, 0.6) is 5.75 Å². The van der Waals surface area contributed by atoms with Crippen molar-refractivity contribution in [2.45, 2.75) is 26.9 Å². The molecule has 0 fully saturated rings. The first-order valence-electron chi connectivity index (χ1n) is 7.82. The van der Waals surface area contributed by atoms with Crippen LogP contribution in [0.15, 0.2) is 48.5 Å². The van der Waals surface area contributed by atoms with Crippen LogP contribution in [0.1, 0.15) is 29.8 Å². The third-order valence-electron chi connectivity index (χ3n) is 3.45. The molecule has 0 saturated carbocycles. The molecule has 0 aliphatic heterocycles. The summed E-state index contributed by atoms with van der Waals surface area (Å²) in [6.45, 7) is 5.58. The van der Waals surface area contributed by atoms with Gasteiger partial charge < -0.3 is 14.8 Å². The number of hydrogen-bond acceptors (Lipinski definition) is 4. The Morgan fingerprint density at radius 2 is 1.75 bits per heavy atom. The second-order valence-corrected chi connectivity index (χ2v) is 5.28. The van der Waals surface area contributed by atoms with Crippen LogP contribution in [-0.4, -0.2) is 24.6 Å². The van der Waals surface area contributed by atoms with Crippen LogP contribution in [0.2, 0.25) is 0 Å². The van der Waals surface area contributed by atoms with Crippen molar-refractivity contribution in [3.05, 3.63) is 59.7 Å². The average molecular weight is 327 g/mol. The fourth-order valence-electron chi connectivity index (χ4n) is 2.15. The number of esters is 1. The van der Waals surface area contributed by atoms with E-state index in [-0.39, 0.29) is 12.5 Å². The van der Waals surface area contributed by atoms with E-state index in [0.717, 1.165) is 5.56 Å². The lowest BCUT2D eigenvalue weighted by Crippen LogP contribution is -2.31. The molecule has 0 aromatic heterocycles. The van der Waals surface area contributed by atoms with Gasteiger partial charge >= 0.3 is 5.97 Å². The average Bonchev–Trinajstić information content (AvgIpc) is 2.57. The van der Waals surface area contributed by atoms with Crippen LogP contribution in [0.25, 0.3) is 0 Å². The van der Waals surface area contributed by atoms with Gasteiger partial charge in [-0.05, 0) is 44.5 Å². The second kappa shape index (κ2) is 8.15. The predicted molar refractivity (Wildman–Crippen MR) is 92.3 cm³/mol. The maximum absolute atomic E-state index is 12.4. The van der Waals surface area contributed by atoms with E-state index in [1.807, 2.05) is 31.2 Å². The van der Waals surface area contributed by atoms with Crippen molar-refractivity contribution in [1.29, 1.82) is 0 Å². The molecule has 0 aliphatic rings. The molecule has 5 heteroatoms. The van der Waals surface area contributed by atoms with Crippen LogP contribution in [-0.2, 0) is 9.53 Å². The topological polar surface area (TPSA) is 64.6 Å². The van der Waals surface area contributed by atoms with E-state index in [1.165, 1.54) is 0 Å². The number of carbonyl (C=O) groups is 2. The van der Waals surface area contributed by atoms with Crippen molar-refractivity contribution in [1.82, 2.24) is 0 Å². The van der Waals surface area contributed by atoms with Crippen molar-refractivity contribution < 1.29 is 19.1 Å². The van der Waals surface area contributed by atoms with Crippen LogP contribution < -0.4 is 10.1 Å². The largest absolute Gasteiger partial charge is 0.481 e. The summed E-state index contributed by atoms with van der Waals surface area (Å²) < 4.78 is 10.7. The Morgan fingerprint density at radius 3 is 2.46 bits per heavy atom. The molecule has 2 rings (SSSR count). The molecule has 126 valence electrons. The fourth-order valence-corrected chi connectivity index (χ4v) is 2.15. The van der Waals surface area contributed by atoms with Gasteiger partial charge in [0, 0.05) is 0 Å². The molecule has 1 N–H and O–H groups in total. The SMILES string of the molecule is CCOC(=O)c1ccccc1NC(=O)[C@H](C)Oc1ccccc1C. The molecule has 0 spiro atoms. The van der Waals surface area contributed by atoms with Gasteiger partial charge in [-0.2, -0.15) is 0 Å². The summed E-state index contributed by atoms with van der Waals surface area (Å²) >= 11 is 0. The summed E-state index contributed by atoms with van der Waals surface area (Å²) in [6, 6.07) is 14.2. The zero-order valence-electron chi connectivity index (χ0n) is 14.0. The summed E-state index contributed by atoms with van der Waals surface area (Å²) in [7, 11) is 0. The molecule has 0 radical (unpaired) electrons. The second-order valence-electron chi connectivity index (χ2n) is 5.28. The number of ether oxygens (including phenoxy) is 2. The normalized spacial score (nSPS) is 11.5. The highest BCUT2D eigenvalue weighted by Gasteiger charge is 2.19. The Bertz CT molecular complexity index is 727. The van der Waals surface area contributed by atoms with Gasteiger partial charge in [-0.3, -0.25) is 4.79 Å². The molecule has 0 unspecified atom stereocenters. The lowest BCUT2D eigenvalue weighted by Gasteiger charge is -2.17. The van der Waals surface area contributed by atoms with Crippen molar-refractivity contribution in [3.8, 4) is 5.75 Å². The number of aryl methyl sites for hydroxylation is 1. The molecule has 1 atom stereocenters. The number of rotatable bonds is 6. The first kappa shape index (κ1) is 17.5. The third-order valence-corrected chi connectivity index (χ3v) is 3.45. The molecular formula is C19H21NO4. The Labute approximate surface area is 141 Å². The minimum absolute atomic E-state index is 0.272. The van der Waals surface area contributed by atoms with Crippen LogP contribution in [0.3, 0.4) is 0 Å². The Morgan fingerprint density at radius 1 is 1.08 bits per heavy atom. The first-order valence-corrected chi connectivity index (χ1v) is 7.82. The number of amides is 1. The van der Waals surface area contributed by atoms with Crippen LogP contribution >= 0.6 is 0 Å². The van der Waals surface area contributed by atoms with E-state index in [2.05, 4.69) is 5.32 Å². The third kappa shape index (κ3) is 4.35. The van der Waals surface area contributed by atoms with E-state index in [9.17, 15) is 9.59 Å². The number of nitrogens with one attached hydrogen (secondary N) is 1. The molecule has 0 bridgehead atoms. The van der Waals surface area contributed by atoms with Crippen molar-refractivity contribution in [2.75, 3.05) is 11.9 Å². The molecule has 5 nitrogen and oxygen atoms in total. The molecule has 2 aromatic carbocycles. The highest BCUT2D eigenvalue weighted by molar-refractivity contribution is 6.02. The van der Waals surface area contributed by atoms with Gasteiger partial charge in [-0.25, -0.2) is 4.79 Å². The fraction of sp³-hybridized carbons (Fsp3) is 0.263. The standard InChI is InChI=1S/C19H21NO4/c1-4-23-19(22)15-10-6-7-11-16(15)20-18(21)14(3)24-17-12-8-5-9-13(17)2/h5-12,14H,4H2,1-3H3,(H,20,21)/t14-/m0/s1. The summed E-state index contributed by atoms with van der Waals surface area (Å²) in [5.41, 5.74) is 1.67. The molecule has 0 aliphatic carbocycles. The van der Waals surface area contributed by atoms with E-state index >= 15 is 0 Å². The number of hydrogen-bond donors (Lipinski definition) is 1. The highest BCUT2D eigenvalue weighted by atomic mass is 16.5. The van der Waals surface area contributed by atoms with Gasteiger partial charge in [0.25, 0.3) is 5.91 Å². The number of carbonyl (C=O) groups excluding carboxylic acids is 2. The van der Waals surface area contributed by atoms with Gasteiger partial charge in [0.1, 0.15) is 5.75 Å². The van der Waals surface area contributed by atoms with Gasteiger partial charge in [0.15, 0.2) is 6.10 Å². The lowest BCUT2D eigenvalue weighted by atomic mass is 10.1. The van der Waals surface area contributed by atoms with Gasteiger partial charge in [-0.15, -0.1) is 0 Å². The zero-order valence-corrected chi connectivity index (χ0v) is 14.0. The molecular weight excluding hydrogens is 306 g/mol. The Kier molecular flexibility index (Phi) is 5.95. The van der Waals surface area contributed by atoms with Crippen molar-refractivity contribution in [3.63, 3.8) is 0 Å². The minimum Gasteiger partial charge on any atom is -0.481 e. The maximum atomic E-state index is 12.4. The quantitative estimate of drug-likeness (QED) is 0.824. The summed E-state index contributed by atoms with van der Waals surface area (Å²) in [5, 5.41) is 2.72. The monoisotopic (exact) mass is 327 g/mol. The van der Waals surface area contributed by atoms with Crippen LogP contribution in [0, 0.1) is 6.92 Å². The predicted octanol–water partition coefficient (Wildman–Crippen LogP) is 3.58. The van der Waals surface area contributed by atoms with Crippen molar-refractivity contribution >= 4 is 17.6 Å². The molecule has 0 heterocycles. The van der Waals surface area contributed by atoms with Crippen molar-refractivity contribution in [2.24, 2.45) is 0 Å². The van der Waals surface area contributed by atoms with Gasteiger partial charge in [0.05, 0.1) is 17.9 Å².